The van der Waals surface area contributed by atoms with Gasteiger partial charge in [0, 0.05) is 3.57 Å². The molecule has 0 unspecified atom stereocenters. The molecule has 1 rings (SSSR count). The van der Waals surface area contributed by atoms with Gasteiger partial charge in [-0.15, -0.1) is 0 Å². The van der Waals surface area contributed by atoms with E-state index in [0.29, 0.717) is 18.3 Å². The number of hydrogen-bond acceptors (Lipinski definition) is 3. The van der Waals surface area contributed by atoms with E-state index in [-0.39, 0.29) is 0 Å². The van der Waals surface area contributed by atoms with Crippen molar-refractivity contribution in [2.45, 2.75) is 13.8 Å². The predicted molar refractivity (Wildman–Crippen MR) is 66.0 cm³/mol. The number of carbonyl (C=O) groups is 1. The van der Waals surface area contributed by atoms with Crippen molar-refractivity contribution < 1.29 is 14.3 Å². The molecule has 0 aliphatic rings. The molecule has 0 spiro atoms. The third-order valence-electron chi connectivity index (χ3n) is 1.53. The molecular weight excluding hydrogens is 307 g/mol. The highest BCUT2D eigenvalue weighted by atomic mass is 127. The van der Waals surface area contributed by atoms with Crippen LogP contribution in [0.25, 0.3) is 0 Å². The zero-order valence-electron chi connectivity index (χ0n) is 8.70. The summed E-state index contributed by atoms with van der Waals surface area (Å²) in [6, 6.07) is 7.25. The minimum Gasteiger partial charge on any atom is -0.434 e. The molecule has 0 atom stereocenters. The first-order valence-electron chi connectivity index (χ1n) is 4.68. The van der Waals surface area contributed by atoms with E-state index in [4.69, 9.17) is 9.47 Å². The van der Waals surface area contributed by atoms with Gasteiger partial charge >= 0.3 is 6.16 Å². The average molecular weight is 320 g/mol. The summed E-state index contributed by atoms with van der Waals surface area (Å²) in [4.78, 5) is 11.2. The second kappa shape index (κ2) is 5.95. The fourth-order valence-corrected chi connectivity index (χ4v) is 1.41. The standard InChI is InChI=1S/C11H13IO3/c1-8(2)7-14-11(13)15-10-5-3-4-9(12)6-10/h3-6,8H,7H2,1-2H3. The fraction of sp³-hybridized carbons (Fsp3) is 0.364. The van der Waals surface area contributed by atoms with Crippen molar-refractivity contribution in [2.24, 2.45) is 5.92 Å². The molecule has 0 aliphatic carbocycles. The first-order chi connectivity index (χ1) is 7.08. The number of rotatable bonds is 3. The Morgan fingerprint density at radius 2 is 2.20 bits per heavy atom. The average Bonchev–Trinajstić information content (AvgIpc) is 2.15. The second-order valence-electron chi connectivity index (χ2n) is 3.51. The summed E-state index contributed by atoms with van der Waals surface area (Å²) >= 11 is 2.15. The van der Waals surface area contributed by atoms with Crippen LogP contribution >= 0.6 is 22.6 Å². The third kappa shape index (κ3) is 5.01. The quantitative estimate of drug-likeness (QED) is 0.486. The highest BCUT2D eigenvalue weighted by Crippen LogP contribution is 2.15. The summed E-state index contributed by atoms with van der Waals surface area (Å²) in [7, 11) is 0. The first-order valence-corrected chi connectivity index (χ1v) is 5.76. The van der Waals surface area contributed by atoms with Crippen molar-refractivity contribution in [3.8, 4) is 5.75 Å². The maximum absolute atomic E-state index is 11.2. The van der Waals surface area contributed by atoms with Gasteiger partial charge in [-0.3, -0.25) is 0 Å². The van der Waals surface area contributed by atoms with Gasteiger partial charge in [0.2, 0.25) is 0 Å². The summed E-state index contributed by atoms with van der Waals surface area (Å²) in [5.74, 6) is 0.823. The minimum atomic E-state index is -0.647. The maximum Gasteiger partial charge on any atom is 0.513 e. The molecule has 0 fully saturated rings. The molecule has 0 N–H and O–H groups in total. The van der Waals surface area contributed by atoms with Crippen molar-refractivity contribution in [1.29, 1.82) is 0 Å². The molecule has 0 heterocycles. The van der Waals surface area contributed by atoms with E-state index in [0.717, 1.165) is 3.57 Å². The Hall–Kier alpha value is -0.780. The lowest BCUT2D eigenvalue weighted by Crippen LogP contribution is -2.14. The van der Waals surface area contributed by atoms with E-state index in [9.17, 15) is 4.79 Å². The molecule has 4 heteroatoms. The highest BCUT2D eigenvalue weighted by molar-refractivity contribution is 14.1. The van der Waals surface area contributed by atoms with Gasteiger partial charge in [-0.2, -0.15) is 0 Å². The van der Waals surface area contributed by atoms with Crippen LogP contribution in [0.3, 0.4) is 0 Å². The number of benzene rings is 1. The van der Waals surface area contributed by atoms with Crippen LogP contribution in [-0.4, -0.2) is 12.8 Å². The minimum absolute atomic E-state index is 0.313. The van der Waals surface area contributed by atoms with Crippen LogP contribution < -0.4 is 4.74 Å². The van der Waals surface area contributed by atoms with Crippen LogP contribution in [0.4, 0.5) is 4.79 Å². The number of ether oxygens (including phenoxy) is 2. The second-order valence-corrected chi connectivity index (χ2v) is 4.76. The summed E-state index contributed by atoms with van der Waals surface area (Å²) < 4.78 is 10.9. The Balaban J connectivity index is 2.44. The molecule has 0 radical (unpaired) electrons. The predicted octanol–water partition coefficient (Wildman–Crippen LogP) is 3.46. The lowest BCUT2D eigenvalue weighted by molar-refractivity contribution is 0.0885. The van der Waals surface area contributed by atoms with E-state index in [2.05, 4.69) is 22.6 Å². The summed E-state index contributed by atoms with van der Waals surface area (Å²) in [5.41, 5.74) is 0. The van der Waals surface area contributed by atoms with Crippen LogP contribution in [0, 0.1) is 9.49 Å². The summed E-state index contributed by atoms with van der Waals surface area (Å²) in [6.45, 7) is 4.32. The normalized spacial score (nSPS) is 10.1. The Morgan fingerprint density at radius 1 is 1.47 bits per heavy atom. The lowest BCUT2D eigenvalue weighted by Gasteiger charge is -2.07. The van der Waals surface area contributed by atoms with E-state index in [1.165, 1.54) is 0 Å². The van der Waals surface area contributed by atoms with Gasteiger partial charge in [0.05, 0.1) is 6.61 Å². The molecule has 0 saturated carbocycles. The topological polar surface area (TPSA) is 35.5 Å². The van der Waals surface area contributed by atoms with Crippen LogP contribution in [0.5, 0.6) is 5.75 Å². The largest absolute Gasteiger partial charge is 0.513 e. The highest BCUT2D eigenvalue weighted by Gasteiger charge is 2.06. The maximum atomic E-state index is 11.2. The van der Waals surface area contributed by atoms with Crippen LogP contribution in [0.1, 0.15) is 13.8 Å². The van der Waals surface area contributed by atoms with Gasteiger partial charge in [0.25, 0.3) is 0 Å². The Morgan fingerprint density at radius 3 is 2.80 bits per heavy atom. The van der Waals surface area contributed by atoms with Gasteiger partial charge in [-0.05, 0) is 46.7 Å². The Labute approximate surface area is 103 Å². The van der Waals surface area contributed by atoms with Crippen molar-refractivity contribution >= 4 is 28.7 Å². The first kappa shape index (κ1) is 12.3. The molecule has 1 aromatic rings. The number of hydrogen-bond donors (Lipinski definition) is 0. The van der Waals surface area contributed by atoms with E-state index in [1.807, 2.05) is 26.0 Å². The van der Waals surface area contributed by atoms with Gasteiger partial charge in [0.1, 0.15) is 5.75 Å². The molecule has 0 bridgehead atoms. The molecule has 0 aliphatic heterocycles. The fourth-order valence-electron chi connectivity index (χ4n) is 0.891. The van der Waals surface area contributed by atoms with Crippen molar-refractivity contribution in [2.75, 3.05) is 6.61 Å². The van der Waals surface area contributed by atoms with Gasteiger partial charge in [-0.1, -0.05) is 19.9 Å². The molecule has 0 amide bonds. The third-order valence-corrected chi connectivity index (χ3v) is 2.20. The lowest BCUT2D eigenvalue weighted by atomic mass is 10.2. The van der Waals surface area contributed by atoms with Gasteiger partial charge < -0.3 is 9.47 Å². The number of carbonyl (C=O) groups excluding carboxylic acids is 1. The monoisotopic (exact) mass is 320 g/mol. The van der Waals surface area contributed by atoms with E-state index < -0.39 is 6.16 Å². The van der Waals surface area contributed by atoms with Crippen LogP contribution in [-0.2, 0) is 4.74 Å². The smallest absolute Gasteiger partial charge is 0.434 e. The van der Waals surface area contributed by atoms with E-state index in [1.54, 1.807) is 12.1 Å². The number of halogens is 1. The zero-order valence-corrected chi connectivity index (χ0v) is 10.9. The zero-order chi connectivity index (χ0) is 11.3. The summed E-state index contributed by atoms with van der Waals surface area (Å²) in [6.07, 6.45) is -0.647. The molecule has 0 aromatic heterocycles. The molecule has 15 heavy (non-hydrogen) atoms. The molecule has 0 saturated heterocycles. The van der Waals surface area contributed by atoms with Crippen LogP contribution in [0.2, 0.25) is 0 Å². The molecule has 3 nitrogen and oxygen atoms in total. The van der Waals surface area contributed by atoms with Crippen molar-refractivity contribution in [1.82, 2.24) is 0 Å². The molecule has 82 valence electrons. The Bertz CT molecular complexity index is 336. The van der Waals surface area contributed by atoms with Gasteiger partial charge in [0.15, 0.2) is 0 Å². The van der Waals surface area contributed by atoms with Gasteiger partial charge in [-0.25, -0.2) is 4.79 Å². The molecular formula is C11H13IO3. The van der Waals surface area contributed by atoms with Crippen LogP contribution in [0.15, 0.2) is 24.3 Å². The SMILES string of the molecule is CC(C)COC(=O)Oc1cccc(I)c1. The van der Waals surface area contributed by atoms with E-state index >= 15 is 0 Å². The Kier molecular flexibility index (Phi) is 4.87. The summed E-state index contributed by atoms with van der Waals surface area (Å²) in [5, 5.41) is 0. The van der Waals surface area contributed by atoms with Crippen molar-refractivity contribution in [3.05, 3.63) is 27.8 Å². The molecule has 1 aromatic carbocycles. The van der Waals surface area contributed by atoms with Crippen molar-refractivity contribution in [3.63, 3.8) is 0 Å².